The molecule has 0 spiro atoms. The molecule has 5 heteroatoms. The second-order valence-corrected chi connectivity index (χ2v) is 5.08. The van der Waals surface area contributed by atoms with E-state index in [1.807, 2.05) is 24.3 Å². The molecule has 0 atom stereocenters. The van der Waals surface area contributed by atoms with Crippen molar-refractivity contribution in [2.75, 3.05) is 6.54 Å². The molecule has 1 saturated carbocycles. The molecular weight excluding hydrogens is 286 g/mol. The van der Waals surface area contributed by atoms with Gasteiger partial charge < -0.3 is 10.4 Å². The minimum absolute atomic E-state index is 0.196. The minimum Gasteiger partial charge on any atom is -0.480 e. The number of rotatable bonds is 4. The Hall–Kier alpha value is -1.36. The second-order valence-electron chi connectivity index (χ2n) is 4.17. The summed E-state index contributed by atoms with van der Waals surface area (Å²) in [6, 6.07) is 7.59. The summed E-state index contributed by atoms with van der Waals surface area (Å²) in [5, 5.41) is 11.0. The van der Waals surface area contributed by atoms with E-state index >= 15 is 0 Å². The molecule has 1 aromatic rings. The van der Waals surface area contributed by atoms with Gasteiger partial charge in [-0.3, -0.25) is 9.59 Å². The van der Waals surface area contributed by atoms with E-state index in [-0.39, 0.29) is 12.5 Å². The van der Waals surface area contributed by atoms with Crippen molar-refractivity contribution < 1.29 is 14.7 Å². The lowest BCUT2D eigenvalue weighted by molar-refractivity contribution is -0.138. The monoisotopic (exact) mass is 297 g/mol. The first-order valence-electron chi connectivity index (χ1n) is 5.31. The largest absolute Gasteiger partial charge is 0.480 e. The zero-order chi connectivity index (χ0) is 12.5. The van der Waals surface area contributed by atoms with Gasteiger partial charge in [-0.05, 0) is 30.5 Å². The van der Waals surface area contributed by atoms with Gasteiger partial charge in [0.2, 0.25) is 5.91 Å². The first-order chi connectivity index (χ1) is 8.04. The van der Waals surface area contributed by atoms with Crippen molar-refractivity contribution in [3.63, 3.8) is 0 Å². The van der Waals surface area contributed by atoms with Crippen molar-refractivity contribution in [3.05, 3.63) is 34.3 Å². The average molecular weight is 298 g/mol. The molecule has 0 heterocycles. The van der Waals surface area contributed by atoms with E-state index in [4.69, 9.17) is 5.11 Å². The van der Waals surface area contributed by atoms with Crippen LogP contribution < -0.4 is 5.32 Å². The van der Waals surface area contributed by atoms with Crippen LogP contribution in [0, 0.1) is 0 Å². The number of halogens is 1. The Kier molecular flexibility index (Phi) is 3.19. The Morgan fingerprint density at radius 2 is 2.12 bits per heavy atom. The molecule has 90 valence electrons. The predicted octanol–water partition coefficient (Wildman–Crippen LogP) is 1.68. The summed E-state index contributed by atoms with van der Waals surface area (Å²) in [7, 11) is 0. The van der Waals surface area contributed by atoms with Gasteiger partial charge in [-0.15, -0.1) is 0 Å². The van der Waals surface area contributed by atoms with E-state index in [1.165, 1.54) is 0 Å². The van der Waals surface area contributed by atoms with Crippen LogP contribution in [0.25, 0.3) is 0 Å². The van der Waals surface area contributed by atoms with Crippen molar-refractivity contribution in [2.24, 2.45) is 0 Å². The quantitative estimate of drug-likeness (QED) is 0.889. The maximum atomic E-state index is 12.0. The molecule has 1 aromatic carbocycles. The van der Waals surface area contributed by atoms with E-state index in [1.54, 1.807) is 0 Å². The van der Waals surface area contributed by atoms with Gasteiger partial charge in [-0.2, -0.15) is 0 Å². The Labute approximate surface area is 107 Å². The Morgan fingerprint density at radius 1 is 1.41 bits per heavy atom. The maximum absolute atomic E-state index is 12.0. The van der Waals surface area contributed by atoms with Crippen molar-refractivity contribution in [2.45, 2.75) is 18.3 Å². The number of nitrogens with one attached hydrogen (secondary N) is 1. The van der Waals surface area contributed by atoms with Crippen molar-refractivity contribution >= 4 is 27.8 Å². The van der Waals surface area contributed by atoms with Gasteiger partial charge >= 0.3 is 5.97 Å². The molecule has 4 nitrogen and oxygen atoms in total. The van der Waals surface area contributed by atoms with Crippen LogP contribution in [0.5, 0.6) is 0 Å². The van der Waals surface area contributed by atoms with Gasteiger partial charge in [0.15, 0.2) is 0 Å². The maximum Gasteiger partial charge on any atom is 0.322 e. The highest BCUT2D eigenvalue weighted by atomic mass is 79.9. The number of hydrogen-bond acceptors (Lipinski definition) is 2. The normalized spacial score (nSPS) is 16.3. The predicted molar refractivity (Wildman–Crippen MR) is 65.7 cm³/mol. The number of carboxylic acids is 1. The van der Waals surface area contributed by atoms with Gasteiger partial charge in [-0.25, -0.2) is 0 Å². The van der Waals surface area contributed by atoms with Crippen molar-refractivity contribution in [3.8, 4) is 0 Å². The molecular formula is C12H12BrNO3. The summed E-state index contributed by atoms with van der Waals surface area (Å²) in [6.45, 7) is -0.325. The fraction of sp³-hybridized carbons (Fsp3) is 0.333. The molecule has 0 saturated heterocycles. The van der Waals surface area contributed by atoms with E-state index in [0.717, 1.165) is 22.9 Å². The topological polar surface area (TPSA) is 66.4 Å². The molecule has 1 amide bonds. The lowest BCUT2D eigenvalue weighted by Gasteiger charge is -2.15. The lowest BCUT2D eigenvalue weighted by Crippen LogP contribution is -2.37. The van der Waals surface area contributed by atoms with Crippen molar-refractivity contribution in [1.29, 1.82) is 0 Å². The molecule has 0 aliphatic heterocycles. The summed E-state index contributed by atoms with van der Waals surface area (Å²) in [4.78, 5) is 22.4. The molecule has 0 aromatic heterocycles. The minimum atomic E-state index is -1.02. The number of carbonyl (C=O) groups is 2. The number of carboxylic acid groups (broad SMARTS) is 1. The zero-order valence-corrected chi connectivity index (χ0v) is 10.7. The molecule has 1 aliphatic carbocycles. The number of amides is 1. The smallest absolute Gasteiger partial charge is 0.322 e. The first-order valence-corrected chi connectivity index (χ1v) is 6.10. The second kappa shape index (κ2) is 4.49. The highest BCUT2D eigenvalue weighted by Crippen LogP contribution is 2.48. The third kappa shape index (κ3) is 2.49. The van der Waals surface area contributed by atoms with Crippen LogP contribution in [0.4, 0.5) is 0 Å². The highest BCUT2D eigenvalue weighted by Gasteiger charge is 2.51. The molecule has 2 rings (SSSR count). The molecule has 1 fully saturated rings. The molecule has 0 radical (unpaired) electrons. The number of hydrogen-bond donors (Lipinski definition) is 2. The van der Waals surface area contributed by atoms with Gasteiger partial charge in [0.05, 0.1) is 5.41 Å². The van der Waals surface area contributed by atoms with Crippen molar-refractivity contribution in [1.82, 2.24) is 5.32 Å². The van der Waals surface area contributed by atoms with Crippen LogP contribution in [-0.2, 0) is 15.0 Å². The molecule has 0 unspecified atom stereocenters. The fourth-order valence-corrected chi connectivity index (χ4v) is 2.28. The van der Waals surface area contributed by atoms with Gasteiger partial charge in [-0.1, -0.05) is 28.1 Å². The average Bonchev–Trinajstić information content (AvgIpc) is 3.07. The van der Waals surface area contributed by atoms with E-state index in [0.29, 0.717) is 0 Å². The van der Waals surface area contributed by atoms with Crippen LogP contribution in [0.1, 0.15) is 18.4 Å². The standard InChI is InChI=1S/C12H12BrNO3/c13-9-3-1-2-8(6-9)12(4-5-12)11(17)14-7-10(15)16/h1-3,6H,4-5,7H2,(H,14,17)(H,15,16). The first kappa shape index (κ1) is 12.1. The lowest BCUT2D eigenvalue weighted by atomic mass is 9.95. The van der Waals surface area contributed by atoms with Crippen LogP contribution in [0.2, 0.25) is 0 Å². The van der Waals surface area contributed by atoms with Gasteiger partial charge in [0.1, 0.15) is 6.54 Å². The van der Waals surface area contributed by atoms with Crippen LogP contribution in [-0.4, -0.2) is 23.5 Å². The van der Waals surface area contributed by atoms with E-state index < -0.39 is 11.4 Å². The highest BCUT2D eigenvalue weighted by molar-refractivity contribution is 9.10. The number of aliphatic carboxylic acids is 1. The summed E-state index contributed by atoms with van der Waals surface area (Å²) in [6.07, 6.45) is 1.55. The third-order valence-corrected chi connectivity index (χ3v) is 3.46. The SMILES string of the molecule is O=C(O)CNC(=O)C1(c2cccc(Br)c2)CC1. The Morgan fingerprint density at radius 3 is 2.65 bits per heavy atom. The van der Waals surface area contributed by atoms with Gasteiger partial charge in [0, 0.05) is 4.47 Å². The summed E-state index contributed by atoms with van der Waals surface area (Å²) in [5.74, 6) is -1.22. The Bertz CT molecular complexity index is 469. The van der Waals surface area contributed by atoms with Gasteiger partial charge in [0.25, 0.3) is 0 Å². The fourth-order valence-electron chi connectivity index (χ4n) is 1.88. The van der Waals surface area contributed by atoms with Crippen LogP contribution >= 0.6 is 15.9 Å². The number of benzene rings is 1. The van der Waals surface area contributed by atoms with E-state index in [9.17, 15) is 9.59 Å². The summed E-state index contributed by atoms with van der Waals surface area (Å²) >= 11 is 3.37. The zero-order valence-electron chi connectivity index (χ0n) is 9.07. The van der Waals surface area contributed by atoms with E-state index in [2.05, 4.69) is 21.2 Å². The summed E-state index contributed by atoms with van der Waals surface area (Å²) < 4.78 is 0.923. The number of carbonyl (C=O) groups excluding carboxylic acids is 1. The molecule has 2 N–H and O–H groups in total. The third-order valence-electron chi connectivity index (χ3n) is 2.96. The van der Waals surface area contributed by atoms with Crippen LogP contribution in [0.3, 0.4) is 0 Å². The van der Waals surface area contributed by atoms with Crippen LogP contribution in [0.15, 0.2) is 28.7 Å². The summed E-state index contributed by atoms with van der Waals surface area (Å²) in [5.41, 5.74) is 0.425. The molecule has 0 bridgehead atoms. The Balaban J connectivity index is 2.14. The molecule has 17 heavy (non-hydrogen) atoms. The molecule has 1 aliphatic rings.